The van der Waals surface area contributed by atoms with Gasteiger partial charge in [-0.05, 0) is 5.92 Å². The van der Waals surface area contributed by atoms with Gasteiger partial charge in [0.25, 0.3) is 0 Å². The summed E-state index contributed by atoms with van der Waals surface area (Å²) in [5.74, 6) is 7.13. The third-order valence-corrected chi connectivity index (χ3v) is 2.16. The van der Waals surface area contributed by atoms with E-state index in [0.717, 1.165) is 5.84 Å². The van der Waals surface area contributed by atoms with Crippen molar-refractivity contribution in [2.75, 3.05) is 20.3 Å². The van der Waals surface area contributed by atoms with E-state index in [1.54, 1.807) is 7.11 Å². The zero-order chi connectivity index (χ0) is 10.3. The first-order valence-corrected chi connectivity index (χ1v) is 4.63. The molecule has 0 saturated heterocycles. The van der Waals surface area contributed by atoms with Crippen LogP contribution in [-0.4, -0.2) is 26.1 Å². The van der Waals surface area contributed by atoms with Crippen molar-refractivity contribution >= 4 is 5.84 Å². The lowest BCUT2D eigenvalue weighted by Gasteiger charge is -2.17. The summed E-state index contributed by atoms with van der Waals surface area (Å²) in [5, 5.41) is 0. The number of hydrogen-bond donors (Lipinski definition) is 2. The summed E-state index contributed by atoms with van der Waals surface area (Å²) >= 11 is 0. The molecular formula is C9H21N3O. The molecule has 1 atom stereocenters. The van der Waals surface area contributed by atoms with E-state index in [9.17, 15) is 0 Å². The molecule has 0 heterocycles. The molecule has 78 valence electrons. The lowest BCUT2D eigenvalue weighted by molar-refractivity contribution is 0.207. The Hall–Kier alpha value is -0.610. The van der Waals surface area contributed by atoms with Crippen LogP contribution in [0.4, 0.5) is 0 Å². The minimum absolute atomic E-state index is 0.363. The van der Waals surface area contributed by atoms with E-state index in [4.69, 9.17) is 10.6 Å². The van der Waals surface area contributed by atoms with Crippen molar-refractivity contribution in [3.63, 3.8) is 0 Å². The van der Waals surface area contributed by atoms with Gasteiger partial charge in [-0.3, -0.25) is 4.99 Å². The van der Waals surface area contributed by atoms with Crippen LogP contribution in [0.3, 0.4) is 0 Å². The number of nitrogens with one attached hydrogen (secondary N) is 1. The molecule has 3 N–H and O–H groups in total. The summed E-state index contributed by atoms with van der Waals surface area (Å²) in [6, 6.07) is 0. The molecule has 13 heavy (non-hydrogen) atoms. The third kappa shape index (κ3) is 4.85. The molecule has 0 aromatic heterocycles. The summed E-state index contributed by atoms with van der Waals surface area (Å²) in [5.41, 5.74) is 2.64. The highest BCUT2D eigenvalue weighted by Gasteiger charge is 2.12. The van der Waals surface area contributed by atoms with Crippen LogP contribution in [0, 0.1) is 11.8 Å². The van der Waals surface area contributed by atoms with Crippen molar-refractivity contribution in [1.29, 1.82) is 0 Å². The van der Waals surface area contributed by atoms with Gasteiger partial charge in [-0.25, -0.2) is 5.84 Å². The van der Waals surface area contributed by atoms with Gasteiger partial charge in [0.2, 0.25) is 0 Å². The molecule has 4 heteroatoms. The summed E-state index contributed by atoms with van der Waals surface area (Å²) in [4.78, 5) is 4.31. The zero-order valence-electron chi connectivity index (χ0n) is 9.00. The van der Waals surface area contributed by atoms with Crippen molar-refractivity contribution in [2.45, 2.75) is 20.8 Å². The number of nitrogens with two attached hydrogens (primary N) is 1. The Morgan fingerprint density at radius 2 is 2.08 bits per heavy atom. The molecule has 0 aliphatic rings. The van der Waals surface area contributed by atoms with Gasteiger partial charge in [-0.2, -0.15) is 0 Å². The standard InChI is InChI=1S/C9H21N3O/c1-7(2)8(3)9(12-10)11-5-6-13-4/h7-8H,5-6,10H2,1-4H3,(H,11,12). The smallest absolute Gasteiger partial charge is 0.113 e. The Kier molecular flexibility index (Phi) is 6.54. The SMILES string of the molecule is COCCN=C(NN)C(C)C(C)C. The predicted octanol–water partition coefficient (Wildman–Crippen LogP) is 0.787. The lowest BCUT2D eigenvalue weighted by Crippen LogP contribution is -2.37. The highest BCUT2D eigenvalue weighted by molar-refractivity contribution is 5.83. The van der Waals surface area contributed by atoms with Crippen LogP contribution < -0.4 is 11.3 Å². The molecule has 0 spiro atoms. The minimum Gasteiger partial charge on any atom is -0.383 e. The van der Waals surface area contributed by atoms with Gasteiger partial charge in [0.15, 0.2) is 0 Å². The summed E-state index contributed by atoms with van der Waals surface area (Å²) in [7, 11) is 1.66. The second-order valence-electron chi connectivity index (χ2n) is 3.44. The second kappa shape index (κ2) is 6.86. The monoisotopic (exact) mass is 187 g/mol. The fourth-order valence-corrected chi connectivity index (χ4v) is 0.894. The third-order valence-electron chi connectivity index (χ3n) is 2.16. The Labute approximate surface area is 80.5 Å². The Bertz CT molecular complexity index is 157. The van der Waals surface area contributed by atoms with Crippen molar-refractivity contribution < 1.29 is 4.74 Å². The summed E-state index contributed by atoms with van der Waals surface area (Å²) < 4.78 is 4.90. The van der Waals surface area contributed by atoms with E-state index in [1.807, 2.05) is 0 Å². The molecule has 0 bridgehead atoms. The van der Waals surface area contributed by atoms with Gasteiger partial charge >= 0.3 is 0 Å². The van der Waals surface area contributed by atoms with Gasteiger partial charge in [-0.15, -0.1) is 0 Å². The normalized spacial score (nSPS) is 14.8. The Morgan fingerprint density at radius 1 is 1.46 bits per heavy atom. The van der Waals surface area contributed by atoms with E-state index in [0.29, 0.717) is 25.0 Å². The van der Waals surface area contributed by atoms with Crippen molar-refractivity contribution in [3.05, 3.63) is 0 Å². The van der Waals surface area contributed by atoms with Gasteiger partial charge in [0, 0.05) is 13.0 Å². The number of rotatable bonds is 5. The molecule has 0 fully saturated rings. The molecule has 0 saturated carbocycles. The highest BCUT2D eigenvalue weighted by atomic mass is 16.5. The molecule has 0 aliphatic heterocycles. The lowest BCUT2D eigenvalue weighted by atomic mass is 9.97. The number of amidine groups is 1. The fraction of sp³-hybridized carbons (Fsp3) is 0.889. The van der Waals surface area contributed by atoms with Crippen molar-refractivity contribution in [2.24, 2.45) is 22.7 Å². The maximum Gasteiger partial charge on any atom is 0.113 e. The minimum atomic E-state index is 0.363. The topological polar surface area (TPSA) is 59.6 Å². The quantitative estimate of drug-likeness (QED) is 0.220. The van der Waals surface area contributed by atoms with Gasteiger partial charge in [0.05, 0.1) is 13.2 Å². The number of ether oxygens (including phenoxy) is 1. The van der Waals surface area contributed by atoms with Crippen LogP contribution in [0.2, 0.25) is 0 Å². The van der Waals surface area contributed by atoms with Crippen molar-refractivity contribution in [3.8, 4) is 0 Å². The van der Waals surface area contributed by atoms with Gasteiger partial charge in [0.1, 0.15) is 5.84 Å². The van der Waals surface area contributed by atoms with E-state index >= 15 is 0 Å². The van der Waals surface area contributed by atoms with Crippen LogP contribution in [-0.2, 0) is 4.74 Å². The predicted molar refractivity (Wildman–Crippen MR) is 55.5 cm³/mol. The number of methoxy groups -OCH3 is 1. The first-order chi connectivity index (χ1) is 6.13. The van der Waals surface area contributed by atoms with Crippen LogP contribution in [0.1, 0.15) is 20.8 Å². The van der Waals surface area contributed by atoms with Gasteiger partial charge < -0.3 is 10.2 Å². The van der Waals surface area contributed by atoms with E-state index in [-0.39, 0.29) is 0 Å². The number of aliphatic imine (C=N–C) groups is 1. The molecular weight excluding hydrogens is 166 g/mol. The van der Waals surface area contributed by atoms with E-state index in [1.165, 1.54) is 0 Å². The van der Waals surface area contributed by atoms with Crippen LogP contribution in [0.15, 0.2) is 4.99 Å². The average molecular weight is 187 g/mol. The molecule has 0 rings (SSSR count). The molecule has 0 aromatic carbocycles. The number of hydrogen-bond acceptors (Lipinski definition) is 3. The zero-order valence-corrected chi connectivity index (χ0v) is 9.00. The largest absolute Gasteiger partial charge is 0.383 e. The summed E-state index contributed by atoms with van der Waals surface area (Å²) in [6.07, 6.45) is 0. The average Bonchev–Trinajstić information content (AvgIpc) is 2.11. The van der Waals surface area contributed by atoms with Gasteiger partial charge in [-0.1, -0.05) is 20.8 Å². The molecule has 0 radical (unpaired) electrons. The number of nitrogens with zero attached hydrogens (tertiary/aromatic N) is 1. The van der Waals surface area contributed by atoms with E-state index < -0.39 is 0 Å². The molecule has 0 amide bonds. The Morgan fingerprint density at radius 3 is 2.46 bits per heavy atom. The van der Waals surface area contributed by atoms with Crippen LogP contribution >= 0.6 is 0 Å². The van der Waals surface area contributed by atoms with Crippen LogP contribution in [0.5, 0.6) is 0 Å². The highest BCUT2D eigenvalue weighted by Crippen LogP contribution is 2.09. The molecule has 1 unspecified atom stereocenters. The first-order valence-electron chi connectivity index (χ1n) is 4.63. The fourth-order valence-electron chi connectivity index (χ4n) is 0.894. The summed E-state index contributed by atoms with van der Waals surface area (Å²) in [6.45, 7) is 7.70. The second-order valence-corrected chi connectivity index (χ2v) is 3.44. The molecule has 4 nitrogen and oxygen atoms in total. The van der Waals surface area contributed by atoms with Crippen LogP contribution in [0.25, 0.3) is 0 Å². The Balaban J connectivity index is 4.06. The molecule has 0 aliphatic carbocycles. The van der Waals surface area contributed by atoms with E-state index in [2.05, 4.69) is 31.2 Å². The number of hydrazine groups is 1. The van der Waals surface area contributed by atoms with Crippen molar-refractivity contribution in [1.82, 2.24) is 5.43 Å². The molecule has 0 aromatic rings. The maximum atomic E-state index is 5.37. The maximum absolute atomic E-state index is 5.37. The first kappa shape index (κ1) is 12.4.